The van der Waals surface area contributed by atoms with E-state index in [0.717, 1.165) is 4.57 Å². The average molecular weight is 497 g/mol. The molecule has 0 radical (unpaired) electrons. The van der Waals surface area contributed by atoms with Crippen LogP contribution in [0.3, 0.4) is 0 Å². The predicted molar refractivity (Wildman–Crippen MR) is 126 cm³/mol. The SMILES string of the molecule is CC(C)C(N=NCC(C(=O)O)[n+]1cn(C(=O)O)c2ccccc21)=NN=c1ccccn1CCC(=O)O. The first-order chi connectivity index (χ1) is 17.2. The summed E-state index contributed by atoms with van der Waals surface area (Å²) in [6, 6.07) is 10.5. The van der Waals surface area contributed by atoms with Crippen LogP contribution in [0.15, 0.2) is 75.4 Å². The first-order valence-corrected chi connectivity index (χ1v) is 11.0. The van der Waals surface area contributed by atoms with E-state index < -0.39 is 24.1 Å². The Morgan fingerprint density at radius 2 is 1.75 bits per heavy atom. The molecule has 3 rings (SSSR count). The Kier molecular flexibility index (Phi) is 8.39. The Bertz CT molecular complexity index is 1400. The number of aliphatic carboxylic acids is 2. The lowest BCUT2D eigenvalue weighted by atomic mass is 10.2. The lowest BCUT2D eigenvalue weighted by molar-refractivity contribution is -0.683. The summed E-state index contributed by atoms with van der Waals surface area (Å²) in [7, 11) is 0. The smallest absolute Gasteiger partial charge is 0.481 e. The number of pyridine rings is 1. The van der Waals surface area contributed by atoms with E-state index in [4.69, 9.17) is 5.11 Å². The van der Waals surface area contributed by atoms with E-state index in [1.807, 2.05) is 13.8 Å². The molecule has 0 aliphatic heterocycles. The molecule has 0 fully saturated rings. The molecule has 1 unspecified atom stereocenters. The highest BCUT2D eigenvalue weighted by molar-refractivity contribution is 5.84. The number of hydrogen-bond donors (Lipinski definition) is 3. The highest BCUT2D eigenvalue weighted by Gasteiger charge is 2.30. The van der Waals surface area contributed by atoms with Gasteiger partial charge in [0.25, 0.3) is 6.33 Å². The lowest BCUT2D eigenvalue weighted by Gasteiger charge is -2.07. The van der Waals surface area contributed by atoms with Gasteiger partial charge in [0.1, 0.15) is 6.54 Å². The molecule has 0 aliphatic rings. The zero-order valence-electron chi connectivity index (χ0n) is 19.7. The van der Waals surface area contributed by atoms with Gasteiger partial charge in [-0.05, 0) is 24.3 Å². The standard InChI is InChI=1S/C23H25N7O6/c1-15(2)21(27-25-19-9-5-6-11-28(19)12-10-20(31)32)26-24-13-18(22(33)34)29-14-30(23(35)36)17-8-4-3-7-16(17)29/h3-9,11,14-15,18H,10,12-13H2,1-2H3,(H2-,31,32,33,34,35,36)/p+1. The molecule has 13 nitrogen and oxygen atoms in total. The molecule has 1 aromatic carbocycles. The summed E-state index contributed by atoms with van der Waals surface area (Å²) < 4.78 is 3.92. The number of imidazole rings is 1. The van der Waals surface area contributed by atoms with Gasteiger partial charge in [0.05, 0.1) is 6.42 Å². The van der Waals surface area contributed by atoms with Crippen LogP contribution in [0.25, 0.3) is 11.0 Å². The maximum atomic E-state index is 12.0. The van der Waals surface area contributed by atoms with Gasteiger partial charge in [0.15, 0.2) is 22.4 Å². The Morgan fingerprint density at radius 1 is 1.03 bits per heavy atom. The average Bonchev–Trinajstić information content (AvgIpc) is 3.22. The van der Waals surface area contributed by atoms with Crippen molar-refractivity contribution in [2.24, 2.45) is 26.3 Å². The Morgan fingerprint density at radius 3 is 2.42 bits per heavy atom. The maximum Gasteiger partial charge on any atom is 0.509 e. The molecule has 1 atom stereocenters. The summed E-state index contributed by atoms with van der Waals surface area (Å²) in [5, 5.41) is 44.7. The summed E-state index contributed by atoms with van der Waals surface area (Å²) >= 11 is 0. The zero-order chi connectivity index (χ0) is 26.2. The molecule has 0 saturated carbocycles. The second kappa shape index (κ2) is 11.6. The van der Waals surface area contributed by atoms with E-state index in [-0.39, 0.29) is 31.3 Å². The van der Waals surface area contributed by atoms with Crippen molar-refractivity contribution >= 4 is 34.9 Å². The molecule has 3 N–H and O–H groups in total. The van der Waals surface area contributed by atoms with Gasteiger partial charge in [0, 0.05) is 18.7 Å². The minimum atomic E-state index is -1.24. The molecule has 0 amide bonds. The lowest BCUT2D eigenvalue weighted by Crippen LogP contribution is -2.45. The summed E-state index contributed by atoms with van der Waals surface area (Å²) in [4.78, 5) is 34.5. The third-order valence-corrected chi connectivity index (χ3v) is 5.17. The number of rotatable bonds is 9. The van der Waals surface area contributed by atoms with E-state index in [1.54, 1.807) is 53.2 Å². The van der Waals surface area contributed by atoms with Crippen molar-refractivity contribution in [2.45, 2.75) is 32.9 Å². The van der Waals surface area contributed by atoms with Crippen molar-refractivity contribution < 1.29 is 34.3 Å². The highest BCUT2D eigenvalue weighted by atomic mass is 16.4. The third-order valence-electron chi connectivity index (χ3n) is 5.17. The van der Waals surface area contributed by atoms with Crippen molar-refractivity contribution in [1.29, 1.82) is 0 Å². The fourth-order valence-corrected chi connectivity index (χ4v) is 3.33. The van der Waals surface area contributed by atoms with Crippen LogP contribution in [0.1, 0.15) is 26.3 Å². The maximum absolute atomic E-state index is 12.0. The predicted octanol–water partition coefficient (Wildman–Crippen LogP) is 2.38. The van der Waals surface area contributed by atoms with E-state index in [1.165, 1.54) is 10.9 Å². The number of benzene rings is 1. The molecular formula is C23H26N7O6+. The van der Waals surface area contributed by atoms with Crippen molar-refractivity contribution in [3.63, 3.8) is 0 Å². The number of hydrogen-bond acceptors (Lipinski definition) is 6. The topological polar surface area (TPSA) is 175 Å². The van der Waals surface area contributed by atoms with Crippen LogP contribution in [0.2, 0.25) is 0 Å². The highest BCUT2D eigenvalue weighted by Crippen LogP contribution is 2.14. The van der Waals surface area contributed by atoms with Gasteiger partial charge in [-0.15, -0.1) is 19.9 Å². The number of carbonyl (C=O) groups is 3. The molecule has 0 bridgehead atoms. The minimum absolute atomic E-state index is 0.0792. The van der Waals surface area contributed by atoms with Crippen LogP contribution >= 0.6 is 0 Å². The van der Waals surface area contributed by atoms with Gasteiger partial charge >= 0.3 is 18.0 Å². The first kappa shape index (κ1) is 25.9. The van der Waals surface area contributed by atoms with E-state index in [2.05, 4.69) is 20.4 Å². The summed E-state index contributed by atoms with van der Waals surface area (Å²) in [5.41, 5.74) is 1.19. The number of nitrogens with zero attached hydrogens (tertiary/aromatic N) is 7. The molecule has 36 heavy (non-hydrogen) atoms. The number of carboxylic acids is 2. The van der Waals surface area contributed by atoms with Crippen molar-refractivity contribution in [1.82, 2.24) is 9.13 Å². The molecule has 0 saturated heterocycles. The number of aryl methyl sites for hydroxylation is 1. The van der Waals surface area contributed by atoms with E-state index in [0.29, 0.717) is 16.5 Å². The van der Waals surface area contributed by atoms with E-state index >= 15 is 0 Å². The number of fused-ring (bicyclic) bond motifs is 1. The molecular weight excluding hydrogens is 470 g/mol. The van der Waals surface area contributed by atoms with Crippen molar-refractivity contribution in [3.8, 4) is 0 Å². The Labute approximate surface area is 205 Å². The third kappa shape index (κ3) is 6.25. The van der Waals surface area contributed by atoms with Crippen LogP contribution in [-0.2, 0) is 16.1 Å². The van der Waals surface area contributed by atoms with Gasteiger partial charge in [-0.3, -0.25) is 4.79 Å². The van der Waals surface area contributed by atoms with Crippen LogP contribution in [0, 0.1) is 5.92 Å². The molecule has 13 heteroatoms. The molecule has 0 aliphatic carbocycles. The monoisotopic (exact) mass is 496 g/mol. The second-order valence-corrected chi connectivity index (χ2v) is 8.05. The van der Waals surface area contributed by atoms with Crippen LogP contribution in [-0.4, -0.2) is 54.9 Å². The van der Waals surface area contributed by atoms with Gasteiger partial charge < -0.3 is 19.9 Å². The summed E-state index contributed by atoms with van der Waals surface area (Å²) in [5.74, 6) is -2.09. The normalized spacial score (nSPS) is 13.5. The number of azo groups is 1. The number of carboxylic acid groups (broad SMARTS) is 3. The van der Waals surface area contributed by atoms with E-state index in [9.17, 15) is 24.6 Å². The minimum Gasteiger partial charge on any atom is -0.481 e. The van der Waals surface area contributed by atoms with Crippen molar-refractivity contribution in [2.75, 3.05) is 6.54 Å². The number of amidine groups is 1. The van der Waals surface area contributed by atoms with Gasteiger partial charge in [-0.2, -0.15) is 9.91 Å². The molecule has 2 heterocycles. The fraction of sp³-hybridized carbons (Fsp3) is 0.304. The zero-order valence-corrected chi connectivity index (χ0v) is 19.7. The van der Waals surface area contributed by atoms with Crippen LogP contribution in [0.4, 0.5) is 4.79 Å². The first-order valence-electron chi connectivity index (χ1n) is 11.0. The summed E-state index contributed by atoms with van der Waals surface area (Å²) in [6.07, 6.45) is 1.58. The molecule has 3 aromatic rings. The van der Waals surface area contributed by atoms with Gasteiger partial charge in [0.2, 0.25) is 6.04 Å². The molecule has 188 valence electrons. The summed E-state index contributed by atoms with van der Waals surface area (Å²) in [6.45, 7) is 3.58. The van der Waals surface area contributed by atoms with Crippen LogP contribution < -0.4 is 10.1 Å². The van der Waals surface area contributed by atoms with Gasteiger partial charge in [-0.1, -0.05) is 32.0 Å². The number of para-hydroxylation sites is 2. The largest absolute Gasteiger partial charge is 0.509 e. The fourth-order valence-electron chi connectivity index (χ4n) is 3.33. The quantitative estimate of drug-likeness (QED) is 0.135. The second-order valence-electron chi connectivity index (χ2n) is 8.05. The molecule has 2 aromatic heterocycles. The van der Waals surface area contributed by atoms with Crippen molar-refractivity contribution in [3.05, 3.63) is 60.5 Å². The van der Waals surface area contributed by atoms with Gasteiger partial charge in [-0.25, -0.2) is 9.36 Å². The Hall–Kier alpha value is -4.68. The molecule has 0 spiro atoms. The Balaban J connectivity index is 1.89. The van der Waals surface area contributed by atoms with Crippen LogP contribution in [0.5, 0.6) is 0 Å². The number of aromatic nitrogens is 3.